The number of fused-ring (bicyclic) bond motifs is 1. The Balaban J connectivity index is 2.08. The number of methoxy groups -OCH3 is 1. The fraction of sp³-hybridized carbons (Fsp3) is 0.438. The van der Waals surface area contributed by atoms with Crippen molar-refractivity contribution in [1.29, 1.82) is 0 Å². The van der Waals surface area contributed by atoms with Gasteiger partial charge in [-0.15, -0.1) is 0 Å². The van der Waals surface area contributed by atoms with Crippen molar-refractivity contribution in [2.45, 2.75) is 26.2 Å². The van der Waals surface area contributed by atoms with Crippen LogP contribution in [-0.2, 0) is 12.8 Å². The predicted octanol–water partition coefficient (Wildman–Crippen LogP) is 2.25. The van der Waals surface area contributed by atoms with Gasteiger partial charge >= 0.3 is 0 Å². The summed E-state index contributed by atoms with van der Waals surface area (Å²) < 4.78 is 7.51. The van der Waals surface area contributed by atoms with E-state index in [-0.39, 0.29) is 0 Å². The van der Waals surface area contributed by atoms with Gasteiger partial charge in [-0.2, -0.15) is 5.10 Å². The molecule has 0 bridgehead atoms. The number of aromatic nitrogens is 2. The van der Waals surface area contributed by atoms with Crippen molar-refractivity contribution in [2.24, 2.45) is 11.7 Å². The van der Waals surface area contributed by atoms with Crippen LogP contribution in [0.1, 0.15) is 23.4 Å². The Morgan fingerprint density at radius 1 is 1.40 bits per heavy atom. The first-order valence-electron chi connectivity index (χ1n) is 7.15. The number of nitrogens with two attached hydrogens (primary N) is 1. The van der Waals surface area contributed by atoms with E-state index in [0.717, 1.165) is 42.9 Å². The second kappa shape index (κ2) is 5.29. The predicted molar refractivity (Wildman–Crippen MR) is 79.4 cm³/mol. The molecule has 1 aliphatic rings. The maximum absolute atomic E-state index is 5.83. The summed E-state index contributed by atoms with van der Waals surface area (Å²) in [5.41, 5.74) is 10.6. The fourth-order valence-corrected chi connectivity index (χ4v) is 3.07. The van der Waals surface area contributed by atoms with Crippen molar-refractivity contribution in [3.63, 3.8) is 0 Å². The number of hydrogen-bond donors (Lipinski definition) is 1. The van der Waals surface area contributed by atoms with Crippen molar-refractivity contribution >= 4 is 0 Å². The SMILES string of the molecule is COc1ccccc1-n1nc(C)c2c1CCC(CN)C2. The third-order valence-corrected chi connectivity index (χ3v) is 4.22. The summed E-state index contributed by atoms with van der Waals surface area (Å²) in [6.07, 6.45) is 3.23. The molecule has 1 aromatic carbocycles. The lowest BCUT2D eigenvalue weighted by Gasteiger charge is -2.22. The maximum Gasteiger partial charge on any atom is 0.144 e. The summed E-state index contributed by atoms with van der Waals surface area (Å²) in [7, 11) is 1.70. The molecule has 0 saturated carbocycles. The van der Waals surface area contributed by atoms with Crippen LogP contribution in [0.25, 0.3) is 5.69 Å². The van der Waals surface area contributed by atoms with Crippen molar-refractivity contribution < 1.29 is 4.74 Å². The van der Waals surface area contributed by atoms with Crippen molar-refractivity contribution in [2.75, 3.05) is 13.7 Å². The van der Waals surface area contributed by atoms with Gasteiger partial charge in [-0.05, 0) is 56.3 Å². The highest BCUT2D eigenvalue weighted by atomic mass is 16.5. The largest absolute Gasteiger partial charge is 0.494 e. The Bertz CT molecular complexity index is 618. The van der Waals surface area contributed by atoms with Crippen LogP contribution >= 0.6 is 0 Å². The van der Waals surface area contributed by atoms with E-state index < -0.39 is 0 Å². The molecule has 2 N–H and O–H groups in total. The number of para-hydroxylation sites is 2. The van der Waals surface area contributed by atoms with Crippen LogP contribution in [-0.4, -0.2) is 23.4 Å². The minimum atomic E-state index is 0.594. The number of benzene rings is 1. The molecule has 0 fully saturated rings. The molecule has 4 nitrogen and oxygen atoms in total. The Hall–Kier alpha value is -1.81. The zero-order valence-corrected chi connectivity index (χ0v) is 12.1. The van der Waals surface area contributed by atoms with Crippen LogP contribution < -0.4 is 10.5 Å². The third kappa shape index (κ3) is 2.10. The van der Waals surface area contributed by atoms with Gasteiger partial charge < -0.3 is 10.5 Å². The van der Waals surface area contributed by atoms with E-state index in [1.165, 1.54) is 11.3 Å². The van der Waals surface area contributed by atoms with Gasteiger partial charge in [0.15, 0.2) is 0 Å². The number of aryl methyl sites for hydroxylation is 1. The van der Waals surface area contributed by atoms with E-state index in [0.29, 0.717) is 5.92 Å². The lowest BCUT2D eigenvalue weighted by atomic mass is 9.86. The highest BCUT2D eigenvalue weighted by Gasteiger charge is 2.25. The number of ether oxygens (including phenoxy) is 1. The first kappa shape index (κ1) is 13.2. The maximum atomic E-state index is 5.83. The number of hydrogen-bond acceptors (Lipinski definition) is 3. The van der Waals surface area contributed by atoms with Gasteiger partial charge in [0.25, 0.3) is 0 Å². The topological polar surface area (TPSA) is 53.1 Å². The van der Waals surface area contributed by atoms with Gasteiger partial charge in [-0.25, -0.2) is 4.68 Å². The molecule has 1 heterocycles. The van der Waals surface area contributed by atoms with Crippen LogP contribution in [0.3, 0.4) is 0 Å². The molecule has 20 heavy (non-hydrogen) atoms. The molecule has 4 heteroatoms. The molecular weight excluding hydrogens is 250 g/mol. The molecule has 1 aliphatic carbocycles. The second-order valence-electron chi connectivity index (χ2n) is 5.44. The van der Waals surface area contributed by atoms with Gasteiger partial charge in [0.2, 0.25) is 0 Å². The van der Waals surface area contributed by atoms with Crippen LogP contribution in [0.4, 0.5) is 0 Å². The molecule has 1 aromatic heterocycles. The van der Waals surface area contributed by atoms with Crippen molar-refractivity contribution in [3.8, 4) is 11.4 Å². The highest BCUT2D eigenvalue weighted by Crippen LogP contribution is 2.31. The van der Waals surface area contributed by atoms with Gasteiger partial charge in [0.1, 0.15) is 11.4 Å². The molecule has 0 radical (unpaired) electrons. The van der Waals surface area contributed by atoms with Crippen LogP contribution in [0.2, 0.25) is 0 Å². The van der Waals surface area contributed by atoms with E-state index in [1.54, 1.807) is 7.11 Å². The smallest absolute Gasteiger partial charge is 0.144 e. The van der Waals surface area contributed by atoms with E-state index in [2.05, 4.69) is 17.7 Å². The Morgan fingerprint density at radius 3 is 2.95 bits per heavy atom. The van der Waals surface area contributed by atoms with Gasteiger partial charge in [-0.1, -0.05) is 12.1 Å². The van der Waals surface area contributed by atoms with Gasteiger partial charge in [0.05, 0.1) is 12.8 Å². The number of rotatable bonds is 3. The summed E-state index contributed by atoms with van der Waals surface area (Å²) >= 11 is 0. The molecule has 0 amide bonds. The molecule has 0 saturated heterocycles. The molecule has 106 valence electrons. The standard InChI is InChI=1S/C16H21N3O/c1-11-13-9-12(10-17)7-8-14(13)19(18-11)15-5-3-4-6-16(15)20-2/h3-6,12H,7-10,17H2,1-2H3. The molecular formula is C16H21N3O. The van der Waals surface area contributed by atoms with Gasteiger partial charge in [-0.3, -0.25) is 0 Å². The van der Waals surface area contributed by atoms with Crippen LogP contribution in [0.5, 0.6) is 5.75 Å². The summed E-state index contributed by atoms with van der Waals surface area (Å²) in [6, 6.07) is 8.03. The highest BCUT2D eigenvalue weighted by molar-refractivity contribution is 5.48. The zero-order chi connectivity index (χ0) is 14.1. The lowest BCUT2D eigenvalue weighted by molar-refractivity contribution is 0.410. The van der Waals surface area contributed by atoms with Crippen LogP contribution in [0, 0.1) is 12.8 Å². The van der Waals surface area contributed by atoms with Crippen LogP contribution in [0.15, 0.2) is 24.3 Å². The molecule has 0 aliphatic heterocycles. The summed E-state index contributed by atoms with van der Waals surface area (Å²) in [5, 5.41) is 4.74. The van der Waals surface area contributed by atoms with E-state index in [1.807, 2.05) is 18.2 Å². The van der Waals surface area contributed by atoms with Gasteiger partial charge in [0, 0.05) is 5.69 Å². The van der Waals surface area contributed by atoms with E-state index in [4.69, 9.17) is 15.6 Å². The van der Waals surface area contributed by atoms with Crippen molar-refractivity contribution in [1.82, 2.24) is 9.78 Å². The van der Waals surface area contributed by atoms with E-state index >= 15 is 0 Å². The summed E-state index contributed by atoms with van der Waals surface area (Å²) in [6.45, 7) is 2.85. The molecule has 0 spiro atoms. The normalized spacial score (nSPS) is 17.9. The lowest BCUT2D eigenvalue weighted by Crippen LogP contribution is -2.23. The Labute approximate surface area is 119 Å². The first-order chi connectivity index (χ1) is 9.74. The average molecular weight is 271 g/mol. The average Bonchev–Trinajstić information content (AvgIpc) is 2.83. The Kier molecular flexibility index (Phi) is 3.49. The zero-order valence-electron chi connectivity index (χ0n) is 12.1. The number of nitrogens with zero attached hydrogens (tertiary/aromatic N) is 2. The minimum Gasteiger partial charge on any atom is -0.494 e. The second-order valence-corrected chi connectivity index (χ2v) is 5.44. The Morgan fingerprint density at radius 2 is 2.20 bits per heavy atom. The van der Waals surface area contributed by atoms with Crippen molar-refractivity contribution in [3.05, 3.63) is 41.2 Å². The monoisotopic (exact) mass is 271 g/mol. The fourth-order valence-electron chi connectivity index (χ4n) is 3.07. The van der Waals surface area contributed by atoms with E-state index in [9.17, 15) is 0 Å². The minimum absolute atomic E-state index is 0.594. The molecule has 2 aromatic rings. The molecule has 1 atom stereocenters. The third-order valence-electron chi connectivity index (χ3n) is 4.22. The molecule has 1 unspecified atom stereocenters. The summed E-state index contributed by atoms with van der Waals surface area (Å²) in [5.74, 6) is 1.45. The quantitative estimate of drug-likeness (QED) is 0.931. The first-order valence-corrected chi connectivity index (χ1v) is 7.15. The summed E-state index contributed by atoms with van der Waals surface area (Å²) in [4.78, 5) is 0. The molecule has 3 rings (SSSR count).